The molecule has 6 heteroatoms. The van der Waals surface area contributed by atoms with E-state index in [0.717, 1.165) is 0 Å². The first kappa shape index (κ1) is 17.8. The summed E-state index contributed by atoms with van der Waals surface area (Å²) in [5.41, 5.74) is 0. The molecule has 0 amide bonds. The molecule has 0 radical (unpaired) electrons. The number of aliphatic hydroxyl groups is 4. The zero-order chi connectivity index (χ0) is 14.3. The third-order valence-corrected chi connectivity index (χ3v) is 2.34. The van der Waals surface area contributed by atoms with Crippen LogP contribution in [0.5, 0.6) is 0 Å². The van der Waals surface area contributed by atoms with Crippen molar-refractivity contribution in [3.63, 3.8) is 0 Å². The minimum absolute atomic E-state index is 0.0850. The Hall–Kier alpha value is -0.240. The Balaban J connectivity index is 4.09. The molecule has 4 atom stereocenters. The fourth-order valence-corrected chi connectivity index (χ4v) is 1.23. The Kier molecular flexibility index (Phi) is 8.67. The average molecular weight is 266 g/mol. The van der Waals surface area contributed by atoms with Crippen LogP contribution in [0.1, 0.15) is 27.7 Å². The fraction of sp³-hybridized carbons (Fsp3) is 1.00. The van der Waals surface area contributed by atoms with E-state index in [9.17, 15) is 20.4 Å². The maximum Gasteiger partial charge on any atom is 0.111 e. The number of aliphatic hydroxyl groups excluding tert-OH is 4. The van der Waals surface area contributed by atoms with Gasteiger partial charge in [0, 0.05) is 0 Å². The molecule has 0 spiro atoms. The lowest BCUT2D eigenvalue weighted by Crippen LogP contribution is -2.48. The first-order valence-electron chi connectivity index (χ1n) is 6.21. The van der Waals surface area contributed by atoms with E-state index in [1.54, 1.807) is 27.7 Å². The Morgan fingerprint density at radius 1 is 0.667 bits per heavy atom. The molecular weight excluding hydrogens is 240 g/mol. The smallest absolute Gasteiger partial charge is 0.111 e. The summed E-state index contributed by atoms with van der Waals surface area (Å²) < 4.78 is 10.2. The average Bonchev–Trinajstić information content (AvgIpc) is 2.30. The van der Waals surface area contributed by atoms with Gasteiger partial charge >= 0.3 is 0 Å². The predicted molar refractivity (Wildman–Crippen MR) is 66.2 cm³/mol. The van der Waals surface area contributed by atoms with Crippen molar-refractivity contribution < 1.29 is 29.9 Å². The molecule has 0 aromatic carbocycles. The number of ether oxygens (including phenoxy) is 2. The summed E-state index contributed by atoms with van der Waals surface area (Å²) >= 11 is 0. The maximum absolute atomic E-state index is 9.64. The molecule has 0 aromatic rings. The van der Waals surface area contributed by atoms with Crippen molar-refractivity contribution in [3.8, 4) is 0 Å². The van der Waals surface area contributed by atoms with Crippen LogP contribution < -0.4 is 0 Å². The minimum atomic E-state index is -1.48. The molecule has 4 N–H and O–H groups in total. The van der Waals surface area contributed by atoms with Gasteiger partial charge in [-0.1, -0.05) is 0 Å². The highest BCUT2D eigenvalue weighted by Gasteiger charge is 2.30. The molecule has 0 aliphatic carbocycles. The van der Waals surface area contributed by atoms with E-state index in [1.165, 1.54) is 0 Å². The van der Waals surface area contributed by atoms with Crippen LogP contribution in [0.15, 0.2) is 0 Å². The fourth-order valence-electron chi connectivity index (χ4n) is 1.23. The van der Waals surface area contributed by atoms with Crippen molar-refractivity contribution in [1.29, 1.82) is 0 Å². The van der Waals surface area contributed by atoms with Crippen LogP contribution in [0.25, 0.3) is 0 Å². The van der Waals surface area contributed by atoms with Crippen molar-refractivity contribution >= 4 is 0 Å². The normalized spacial score (nSPS) is 19.0. The summed E-state index contributed by atoms with van der Waals surface area (Å²) in [6.45, 7) is 6.96. The summed E-state index contributed by atoms with van der Waals surface area (Å²) in [5, 5.41) is 38.4. The molecule has 6 nitrogen and oxygen atoms in total. The third kappa shape index (κ3) is 7.25. The van der Waals surface area contributed by atoms with E-state index in [0.29, 0.717) is 0 Å². The number of hydrogen-bond acceptors (Lipinski definition) is 6. The molecule has 0 unspecified atom stereocenters. The van der Waals surface area contributed by atoms with Crippen molar-refractivity contribution in [2.75, 3.05) is 13.2 Å². The van der Waals surface area contributed by atoms with E-state index in [4.69, 9.17) is 9.47 Å². The van der Waals surface area contributed by atoms with E-state index in [2.05, 4.69) is 0 Å². The second-order valence-electron chi connectivity index (χ2n) is 4.88. The molecule has 0 aliphatic heterocycles. The maximum atomic E-state index is 9.64. The van der Waals surface area contributed by atoms with Crippen LogP contribution in [0.3, 0.4) is 0 Å². The van der Waals surface area contributed by atoms with Gasteiger partial charge in [0.15, 0.2) is 0 Å². The summed E-state index contributed by atoms with van der Waals surface area (Å²) in [5.74, 6) is 0. The second kappa shape index (κ2) is 8.79. The Morgan fingerprint density at radius 3 is 1.17 bits per heavy atom. The molecule has 0 saturated carbocycles. The molecule has 0 rings (SSSR count). The second-order valence-corrected chi connectivity index (χ2v) is 4.88. The Morgan fingerprint density at radius 2 is 0.944 bits per heavy atom. The van der Waals surface area contributed by atoms with Crippen LogP contribution in [0, 0.1) is 0 Å². The highest BCUT2D eigenvalue weighted by atomic mass is 16.5. The van der Waals surface area contributed by atoms with Crippen LogP contribution in [-0.4, -0.2) is 70.3 Å². The zero-order valence-corrected chi connectivity index (χ0v) is 11.5. The molecule has 0 fully saturated rings. The SMILES string of the molecule is CC(C)OC[C@@H](O)[C@@H](O)[C@H](O)[C@@H](O)COC(C)C. The van der Waals surface area contributed by atoms with E-state index in [1.807, 2.05) is 0 Å². The molecule has 0 aromatic heterocycles. The first-order valence-corrected chi connectivity index (χ1v) is 6.21. The van der Waals surface area contributed by atoms with Gasteiger partial charge in [0.1, 0.15) is 24.4 Å². The lowest BCUT2D eigenvalue weighted by atomic mass is 10.0. The van der Waals surface area contributed by atoms with Gasteiger partial charge in [-0.3, -0.25) is 0 Å². The molecule has 0 aliphatic rings. The Bertz CT molecular complexity index is 187. The van der Waals surface area contributed by atoms with Gasteiger partial charge in [0.2, 0.25) is 0 Å². The lowest BCUT2D eigenvalue weighted by Gasteiger charge is -2.27. The van der Waals surface area contributed by atoms with Gasteiger partial charge in [-0.05, 0) is 27.7 Å². The summed E-state index contributed by atoms with van der Waals surface area (Å²) in [7, 11) is 0. The lowest BCUT2D eigenvalue weighted by molar-refractivity contribution is -0.140. The summed E-state index contributed by atoms with van der Waals surface area (Å²) in [6.07, 6.45) is -5.63. The van der Waals surface area contributed by atoms with Crippen LogP contribution >= 0.6 is 0 Å². The van der Waals surface area contributed by atoms with Crippen molar-refractivity contribution in [3.05, 3.63) is 0 Å². The zero-order valence-electron chi connectivity index (χ0n) is 11.5. The summed E-state index contributed by atoms with van der Waals surface area (Å²) in [6, 6.07) is 0. The van der Waals surface area contributed by atoms with Gasteiger partial charge in [-0.2, -0.15) is 0 Å². The van der Waals surface area contributed by atoms with E-state index >= 15 is 0 Å². The molecular formula is C12H26O6. The van der Waals surface area contributed by atoms with Crippen LogP contribution in [-0.2, 0) is 9.47 Å². The third-order valence-electron chi connectivity index (χ3n) is 2.34. The molecule has 18 heavy (non-hydrogen) atoms. The van der Waals surface area contributed by atoms with Crippen molar-refractivity contribution in [2.24, 2.45) is 0 Å². The van der Waals surface area contributed by atoms with Crippen LogP contribution in [0.4, 0.5) is 0 Å². The topological polar surface area (TPSA) is 99.4 Å². The van der Waals surface area contributed by atoms with Gasteiger partial charge in [-0.25, -0.2) is 0 Å². The first-order chi connectivity index (χ1) is 8.25. The van der Waals surface area contributed by atoms with Gasteiger partial charge in [0.25, 0.3) is 0 Å². The number of rotatable bonds is 9. The molecule has 0 heterocycles. The van der Waals surface area contributed by atoms with E-state index in [-0.39, 0.29) is 25.4 Å². The number of hydrogen-bond donors (Lipinski definition) is 4. The van der Waals surface area contributed by atoms with Gasteiger partial charge in [0.05, 0.1) is 25.4 Å². The largest absolute Gasteiger partial charge is 0.388 e. The van der Waals surface area contributed by atoms with Crippen LogP contribution in [0.2, 0.25) is 0 Å². The van der Waals surface area contributed by atoms with Gasteiger partial charge in [-0.15, -0.1) is 0 Å². The monoisotopic (exact) mass is 266 g/mol. The standard InChI is InChI=1S/C12H26O6/c1-7(2)17-5-9(13)11(15)12(16)10(14)6-18-8(3)4/h7-16H,5-6H2,1-4H3/t9-,10+,11-,12-/m1/s1. The van der Waals surface area contributed by atoms with Crippen molar-refractivity contribution in [1.82, 2.24) is 0 Å². The van der Waals surface area contributed by atoms with Crippen molar-refractivity contribution in [2.45, 2.75) is 64.3 Å². The van der Waals surface area contributed by atoms with E-state index < -0.39 is 24.4 Å². The van der Waals surface area contributed by atoms with Gasteiger partial charge < -0.3 is 29.9 Å². The minimum Gasteiger partial charge on any atom is -0.388 e. The molecule has 0 saturated heterocycles. The summed E-state index contributed by atoms with van der Waals surface area (Å²) in [4.78, 5) is 0. The highest BCUT2D eigenvalue weighted by Crippen LogP contribution is 2.08. The highest BCUT2D eigenvalue weighted by molar-refractivity contribution is 4.80. The Labute approximate surface area is 108 Å². The molecule has 110 valence electrons. The molecule has 0 bridgehead atoms. The quantitative estimate of drug-likeness (QED) is 0.439. The predicted octanol–water partition coefficient (Wildman–Crippen LogP) is -0.720.